The highest BCUT2D eigenvalue weighted by Crippen LogP contribution is 2.31. The molecule has 0 amide bonds. The molecule has 0 aromatic carbocycles. The predicted molar refractivity (Wildman–Crippen MR) is 81.9 cm³/mol. The van der Waals surface area contributed by atoms with E-state index in [0.717, 1.165) is 24.8 Å². The molecule has 114 valence electrons. The normalized spacial score (nSPS) is 27.1. The summed E-state index contributed by atoms with van der Waals surface area (Å²) in [6.07, 6.45) is 9.41. The Kier molecular flexibility index (Phi) is 8.41. The van der Waals surface area contributed by atoms with E-state index in [1.54, 1.807) is 0 Å². The molecular formula is C13H27NO3S2. The number of hydrogen-bond acceptors (Lipinski definition) is 4. The molecule has 0 aromatic heterocycles. The van der Waals surface area contributed by atoms with E-state index in [4.69, 9.17) is 4.55 Å². The SMILES string of the molecule is CC1CCC[C@@H](CCCCNCCOS(=O)(O)=S)C1. The lowest BCUT2D eigenvalue weighted by Gasteiger charge is -2.26. The summed E-state index contributed by atoms with van der Waals surface area (Å²) in [5.74, 6) is 1.85. The zero-order valence-electron chi connectivity index (χ0n) is 11.8. The van der Waals surface area contributed by atoms with E-state index in [0.29, 0.717) is 6.54 Å². The number of hydrogen-bond donors (Lipinski definition) is 2. The Hall–Kier alpha value is 0.250. The molecule has 0 bridgehead atoms. The lowest BCUT2D eigenvalue weighted by atomic mass is 9.80. The van der Waals surface area contributed by atoms with Gasteiger partial charge in [-0.15, -0.1) is 0 Å². The fraction of sp³-hybridized carbons (Fsp3) is 1.00. The summed E-state index contributed by atoms with van der Waals surface area (Å²) in [6, 6.07) is 0. The first-order valence-corrected chi connectivity index (χ1v) is 9.66. The Morgan fingerprint density at radius 1 is 1.37 bits per heavy atom. The molecule has 3 atom stereocenters. The van der Waals surface area contributed by atoms with Gasteiger partial charge in [0.05, 0.1) is 6.61 Å². The second-order valence-electron chi connectivity index (χ2n) is 5.63. The minimum atomic E-state index is -3.45. The molecule has 0 aromatic rings. The molecule has 2 N–H and O–H groups in total. The molecule has 1 aliphatic carbocycles. The van der Waals surface area contributed by atoms with Gasteiger partial charge in [-0.2, -0.15) is 4.21 Å². The van der Waals surface area contributed by atoms with Crippen molar-refractivity contribution >= 4 is 20.2 Å². The van der Waals surface area contributed by atoms with Gasteiger partial charge >= 0.3 is 0 Å². The minimum Gasteiger partial charge on any atom is -0.314 e. The summed E-state index contributed by atoms with van der Waals surface area (Å²) in [4.78, 5) is 0. The van der Waals surface area contributed by atoms with Crippen molar-refractivity contribution in [1.82, 2.24) is 5.32 Å². The first kappa shape index (κ1) is 17.3. The number of nitrogens with one attached hydrogen (secondary N) is 1. The van der Waals surface area contributed by atoms with Crippen LogP contribution in [0.2, 0.25) is 0 Å². The first-order chi connectivity index (χ1) is 8.97. The third kappa shape index (κ3) is 9.73. The van der Waals surface area contributed by atoms with Crippen molar-refractivity contribution in [2.75, 3.05) is 19.7 Å². The molecule has 1 rings (SSSR count). The third-order valence-corrected chi connectivity index (χ3v) is 4.53. The van der Waals surface area contributed by atoms with Crippen LogP contribution < -0.4 is 5.32 Å². The maximum absolute atomic E-state index is 10.6. The number of rotatable bonds is 9. The Labute approximate surface area is 122 Å². The average molecular weight is 309 g/mol. The smallest absolute Gasteiger partial charge is 0.266 e. The van der Waals surface area contributed by atoms with Gasteiger partial charge in [0.15, 0.2) is 0 Å². The van der Waals surface area contributed by atoms with Crippen LogP contribution in [0.4, 0.5) is 0 Å². The molecular weight excluding hydrogens is 282 g/mol. The lowest BCUT2D eigenvalue weighted by molar-refractivity contribution is 0.263. The Morgan fingerprint density at radius 2 is 2.16 bits per heavy atom. The number of unbranched alkanes of at least 4 members (excludes halogenated alkanes) is 1. The van der Waals surface area contributed by atoms with Gasteiger partial charge in [0.1, 0.15) is 0 Å². The standard InChI is InChI=1S/C13H27NO3S2/c1-12-5-4-7-13(11-12)6-2-3-8-14-9-10-17-19(15,16)18/h12-14H,2-11H2,1H3,(H,15,16,18)/t12?,13-/m1/s1. The Morgan fingerprint density at radius 3 is 2.84 bits per heavy atom. The fourth-order valence-electron chi connectivity index (χ4n) is 2.85. The highest BCUT2D eigenvalue weighted by Gasteiger charge is 2.17. The van der Waals surface area contributed by atoms with Crippen LogP contribution >= 0.6 is 0 Å². The summed E-state index contributed by atoms with van der Waals surface area (Å²) >= 11 is 4.22. The van der Waals surface area contributed by atoms with Crippen molar-refractivity contribution in [2.24, 2.45) is 11.8 Å². The molecule has 1 fully saturated rings. The van der Waals surface area contributed by atoms with Crippen molar-refractivity contribution in [3.05, 3.63) is 0 Å². The van der Waals surface area contributed by atoms with E-state index < -0.39 is 9.05 Å². The van der Waals surface area contributed by atoms with Crippen molar-refractivity contribution in [1.29, 1.82) is 0 Å². The zero-order valence-corrected chi connectivity index (χ0v) is 13.4. The molecule has 6 heteroatoms. The van der Waals surface area contributed by atoms with Gasteiger partial charge in [0.25, 0.3) is 9.05 Å². The lowest BCUT2D eigenvalue weighted by Crippen LogP contribution is -2.22. The monoisotopic (exact) mass is 309 g/mol. The summed E-state index contributed by atoms with van der Waals surface area (Å²) < 4.78 is 23.9. The van der Waals surface area contributed by atoms with E-state index in [1.807, 2.05) is 0 Å². The second kappa shape index (κ2) is 9.23. The summed E-state index contributed by atoms with van der Waals surface area (Å²) in [6.45, 7) is 4.08. The van der Waals surface area contributed by atoms with Gasteiger partial charge in [-0.25, -0.2) is 0 Å². The highest BCUT2D eigenvalue weighted by molar-refractivity contribution is 8.27. The molecule has 0 spiro atoms. The highest BCUT2D eigenvalue weighted by atomic mass is 32.9. The molecule has 4 nitrogen and oxygen atoms in total. The van der Waals surface area contributed by atoms with Crippen LogP contribution in [-0.2, 0) is 24.4 Å². The van der Waals surface area contributed by atoms with Crippen LogP contribution in [-0.4, -0.2) is 28.5 Å². The van der Waals surface area contributed by atoms with E-state index in [1.165, 1.54) is 38.5 Å². The Bertz CT molecular complexity index is 333. The Balaban J connectivity index is 1.88. The maximum atomic E-state index is 10.6. The largest absolute Gasteiger partial charge is 0.314 e. The van der Waals surface area contributed by atoms with Gasteiger partial charge in [0, 0.05) is 17.7 Å². The summed E-state index contributed by atoms with van der Waals surface area (Å²) in [7, 11) is -3.45. The fourth-order valence-corrected chi connectivity index (χ4v) is 3.35. The predicted octanol–water partition coefficient (Wildman–Crippen LogP) is 2.72. The van der Waals surface area contributed by atoms with Crippen molar-refractivity contribution < 1.29 is 12.9 Å². The molecule has 2 unspecified atom stereocenters. The molecule has 0 saturated heterocycles. The van der Waals surface area contributed by atoms with Crippen molar-refractivity contribution in [3.8, 4) is 0 Å². The van der Waals surface area contributed by atoms with Crippen LogP contribution in [0.15, 0.2) is 0 Å². The van der Waals surface area contributed by atoms with Crippen LogP contribution in [0.3, 0.4) is 0 Å². The van der Waals surface area contributed by atoms with Crippen LogP contribution in [0.25, 0.3) is 0 Å². The van der Waals surface area contributed by atoms with E-state index in [-0.39, 0.29) is 6.61 Å². The molecule has 1 saturated carbocycles. The minimum absolute atomic E-state index is 0.193. The third-order valence-electron chi connectivity index (χ3n) is 3.77. The van der Waals surface area contributed by atoms with Gasteiger partial charge in [-0.3, -0.25) is 8.74 Å². The van der Waals surface area contributed by atoms with Crippen molar-refractivity contribution in [3.63, 3.8) is 0 Å². The molecule has 19 heavy (non-hydrogen) atoms. The molecule has 0 heterocycles. The molecule has 0 aliphatic heterocycles. The molecule has 1 aliphatic rings. The van der Waals surface area contributed by atoms with Gasteiger partial charge < -0.3 is 5.32 Å². The van der Waals surface area contributed by atoms with E-state index >= 15 is 0 Å². The van der Waals surface area contributed by atoms with Crippen LogP contribution in [0, 0.1) is 11.8 Å². The van der Waals surface area contributed by atoms with Crippen LogP contribution in [0.5, 0.6) is 0 Å². The maximum Gasteiger partial charge on any atom is 0.266 e. The topological polar surface area (TPSA) is 58.6 Å². The summed E-state index contributed by atoms with van der Waals surface area (Å²) in [5.41, 5.74) is 0. The van der Waals surface area contributed by atoms with Gasteiger partial charge in [-0.05, 0) is 31.2 Å². The quantitative estimate of drug-likeness (QED) is 0.641. The van der Waals surface area contributed by atoms with Crippen LogP contribution in [0.1, 0.15) is 51.9 Å². The van der Waals surface area contributed by atoms with Gasteiger partial charge in [-0.1, -0.05) is 39.0 Å². The second-order valence-corrected chi connectivity index (χ2v) is 7.99. The van der Waals surface area contributed by atoms with Crippen molar-refractivity contribution in [2.45, 2.75) is 51.9 Å². The van der Waals surface area contributed by atoms with E-state index in [9.17, 15) is 4.21 Å². The van der Waals surface area contributed by atoms with Gasteiger partial charge in [0.2, 0.25) is 0 Å². The molecule has 0 radical (unpaired) electrons. The zero-order chi connectivity index (χ0) is 14.1. The average Bonchev–Trinajstić information content (AvgIpc) is 2.31. The first-order valence-electron chi connectivity index (χ1n) is 7.30. The summed E-state index contributed by atoms with van der Waals surface area (Å²) in [5, 5.41) is 3.20. The van der Waals surface area contributed by atoms with E-state index in [2.05, 4.69) is 27.6 Å².